The van der Waals surface area contributed by atoms with E-state index in [4.69, 9.17) is 0 Å². The van der Waals surface area contributed by atoms with Crippen molar-refractivity contribution in [2.45, 2.75) is 77.4 Å². The number of rotatable bonds is 12. The average molecular weight is 564 g/mol. The van der Waals surface area contributed by atoms with Crippen LogP contribution in [0.5, 0.6) is 0 Å². The number of carbonyl (C=O) groups excluding carboxylic acids is 2. The van der Waals surface area contributed by atoms with Crippen molar-refractivity contribution in [3.05, 3.63) is 95.6 Å². The van der Waals surface area contributed by atoms with Gasteiger partial charge in [-0.25, -0.2) is 8.42 Å². The predicted molar refractivity (Wildman–Crippen MR) is 161 cm³/mol. The van der Waals surface area contributed by atoms with Gasteiger partial charge >= 0.3 is 0 Å². The fraction of sp³-hybridized carbons (Fsp3) is 0.375. The topological polar surface area (TPSA) is 86.8 Å². The summed E-state index contributed by atoms with van der Waals surface area (Å²) in [4.78, 5) is 28.7. The number of anilines is 1. The zero-order valence-corrected chi connectivity index (χ0v) is 25.1. The number of amides is 2. The number of nitrogens with zero attached hydrogens (tertiary/aromatic N) is 2. The number of hydrogen-bond donors (Lipinski definition) is 1. The monoisotopic (exact) mass is 563 g/mol. The van der Waals surface area contributed by atoms with Crippen molar-refractivity contribution in [3.8, 4) is 0 Å². The lowest BCUT2D eigenvalue weighted by Crippen LogP contribution is -2.52. The van der Waals surface area contributed by atoms with Crippen LogP contribution in [0.3, 0.4) is 0 Å². The molecule has 40 heavy (non-hydrogen) atoms. The summed E-state index contributed by atoms with van der Waals surface area (Å²) in [5.74, 6) is -0.487. The molecule has 0 fully saturated rings. The van der Waals surface area contributed by atoms with E-state index in [1.165, 1.54) is 17.0 Å². The van der Waals surface area contributed by atoms with E-state index in [-0.39, 0.29) is 29.3 Å². The molecule has 0 aliphatic heterocycles. The van der Waals surface area contributed by atoms with Crippen LogP contribution in [-0.4, -0.2) is 43.8 Å². The molecule has 7 nitrogen and oxygen atoms in total. The third-order valence-electron chi connectivity index (χ3n) is 7.06. The lowest BCUT2D eigenvalue weighted by atomic mass is 10.0. The molecular formula is C32H41N3O4S. The molecule has 3 aromatic rings. The molecule has 8 heteroatoms. The van der Waals surface area contributed by atoms with E-state index in [9.17, 15) is 18.0 Å². The van der Waals surface area contributed by atoms with Crippen molar-refractivity contribution in [1.82, 2.24) is 10.2 Å². The van der Waals surface area contributed by atoms with Gasteiger partial charge in [-0.15, -0.1) is 0 Å². The second-order valence-electron chi connectivity index (χ2n) is 10.6. The van der Waals surface area contributed by atoms with E-state index in [0.717, 1.165) is 27.4 Å². The Labute approximate surface area is 239 Å². The molecule has 2 atom stereocenters. The Bertz CT molecular complexity index is 1390. The Balaban J connectivity index is 2.03. The molecule has 0 aromatic heterocycles. The lowest BCUT2D eigenvalue weighted by molar-refractivity contribution is -0.139. The van der Waals surface area contributed by atoms with Crippen molar-refractivity contribution in [2.24, 2.45) is 0 Å². The minimum Gasteiger partial charge on any atom is -0.352 e. The number of benzene rings is 3. The molecule has 0 bridgehead atoms. The highest BCUT2D eigenvalue weighted by atomic mass is 32.2. The Morgan fingerprint density at radius 1 is 0.875 bits per heavy atom. The minimum absolute atomic E-state index is 0.0553. The van der Waals surface area contributed by atoms with Gasteiger partial charge in [0.25, 0.3) is 10.0 Å². The maximum absolute atomic E-state index is 14.0. The van der Waals surface area contributed by atoms with Crippen LogP contribution in [0.1, 0.15) is 63.6 Å². The molecule has 0 heterocycles. The first-order valence-electron chi connectivity index (χ1n) is 13.8. The first kappa shape index (κ1) is 30.9. The van der Waals surface area contributed by atoms with Crippen molar-refractivity contribution >= 4 is 27.5 Å². The van der Waals surface area contributed by atoms with E-state index in [1.807, 2.05) is 57.2 Å². The Morgan fingerprint density at radius 2 is 1.52 bits per heavy atom. The number of sulfonamides is 1. The van der Waals surface area contributed by atoms with Gasteiger partial charge in [0, 0.05) is 12.6 Å². The largest absolute Gasteiger partial charge is 0.352 e. The highest BCUT2D eigenvalue weighted by Gasteiger charge is 2.32. The van der Waals surface area contributed by atoms with Gasteiger partial charge in [0.1, 0.15) is 12.6 Å². The van der Waals surface area contributed by atoms with Gasteiger partial charge in [-0.3, -0.25) is 13.9 Å². The van der Waals surface area contributed by atoms with Crippen LogP contribution in [0.25, 0.3) is 0 Å². The van der Waals surface area contributed by atoms with Gasteiger partial charge in [0.05, 0.1) is 10.6 Å². The third kappa shape index (κ3) is 7.72. The number of carbonyl (C=O) groups is 2. The third-order valence-corrected chi connectivity index (χ3v) is 8.85. The standard InChI is InChI=1S/C32H41N3O4S/c1-7-25(5)33-32(37)26(6)34(21-27-13-11-12-24(4)20-27)31(36)22-35(29-18-16-28(17-19-29)23(2)3)40(38,39)30-14-9-8-10-15-30/h8-20,23,25-26H,7,21-22H2,1-6H3,(H,33,37)/t25-,26+/m1/s1. The maximum atomic E-state index is 14.0. The van der Waals surface area contributed by atoms with Crippen molar-refractivity contribution in [3.63, 3.8) is 0 Å². The molecule has 0 unspecified atom stereocenters. The highest BCUT2D eigenvalue weighted by molar-refractivity contribution is 7.92. The summed E-state index contributed by atoms with van der Waals surface area (Å²) in [6, 6.07) is 22.2. The second-order valence-corrected chi connectivity index (χ2v) is 12.4. The summed E-state index contributed by atoms with van der Waals surface area (Å²) in [6.07, 6.45) is 0.750. The summed E-state index contributed by atoms with van der Waals surface area (Å²) in [6.45, 7) is 11.4. The highest BCUT2D eigenvalue weighted by Crippen LogP contribution is 2.26. The van der Waals surface area contributed by atoms with Gasteiger partial charge in [0.2, 0.25) is 11.8 Å². The van der Waals surface area contributed by atoms with Gasteiger partial charge in [-0.1, -0.05) is 80.9 Å². The van der Waals surface area contributed by atoms with Gasteiger partial charge in [-0.05, 0) is 68.5 Å². The van der Waals surface area contributed by atoms with Crippen LogP contribution in [-0.2, 0) is 26.2 Å². The fourth-order valence-electron chi connectivity index (χ4n) is 4.33. The van der Waals surface area contributed by atoms with E-state index in [2.05, 4.69) is 19.2 Å². The SMILES string of the molecule is CC[C@@H](C)NC(=O)[C@H](C)N(Cc1cccc(C)c1)C(=O)CN(c1ccc(C(C)C)cc1)S(=O)(=O)c1ccccc1. The van der Waals surface area contributed by atoms with Crippen molar-refractivity contribution in [2.75, 3.05) is 10.8 Å². The Hall–Kier alpha value is -3.65. The van der Waals surface area contributed by atoms with Gasteiger partial charge in [-0.2, -0.15) is 0 Å². The zero-order chi connectivity index (χ0) is 29.4. The van der Waals surface area contributed by atoms with Gasteiger partial charge in [0.15, 0.2) is 0 Å². The number of aryl methyl sites for hydroxylation is 1. The van der Waals surface area contributed by atoms with E-state index < -0.39 is 28.5 Å². The van der Waals surface area contributed by atoms with Gasteiger partial charge < -0.3 is 10.2 Å². The molecule has 0 radical (unpaired) electrons. The fourth-order valence-corrected chi connectivity index (χ4v) is 5.76. The summed E-state index contributed by atoms with van der Waals surface area (Å²) >= 11 is 0. The van der Waals surface area contributed by atoms with Crippen LogP contribution < -0.4 is 9.62 Å². The van der Waals surface area contributed by atoms with Crippen LogP contribution in [0, 0.1) is 6.92 Å². The van der Waals surface area contributed by atoms with Crippen molar-refractivity contribution in [1.29, 1.82) is 0 Å². The minimum atomic E-state index is -4.08. The van der Waals surface area contributed by atoms with Crippen LogP contribution >= 0.6 is 0 Å². The average Bonchev–Trinajstić information content (AvgIpc) is 2.94. The zero-order valence-electron chi connectivity index (χ0n) is 24.3. The summed E-state index contributed by atoms with van der Waals surface area (Å²) in [5, 5.41) is 2.96. The lowest BCUT2D eigenvalue weighted by Gasteiger charge is -2.32. The molecule has 214 valence electrons. The molecule has 0 saturated carbocycles. The first-order valence-corrected chi connectivity index (χ1v) is 15.2. The van der Waals surface area contributed by atoms with Crippen LogP contribution in [0.15, 0.2) is 83.8 Å². The Kier molecular flexibility index (Phi) is 10.5. The van der Waals surface area contributed by atoms with E-state index in [0.29, 0.717) is 5.69 Å². The van der Waals surface area contributed by atoms with E-state index in [1.54, 1.807) is 37.3 Å². The maximum Gasteiger partial charge on any atom is 0.264 e. The van der Waals surface area contributed by atoms with E-state index >= 15 is 0 Å². The van der Waals surface area contributed by atoms with Crippen LogP contribution in [0.2, 0.25) is 0 Å². The quantitative estimate of drug-likeness (QED) is 0.309. The molecule has 0 aliphatic carbocycles. The smallest absolute Gasteiger partial charge is 0.264 e. The molecule has 0 saturated heterocycles. The molecule has 1 N–H and O–H groups in total. The first-order chi connectivity index (χ1) is 18.9. The summed E-state index contributed by atoms with van der Waals surface area (Å²) < 4.78 is 28.9. The van der Waals surface area contributed by atoms with Crippen molar-refractivity contribution < 1.29 is 18.0 Å². The number of nitrogens with one attached hydrogen (secondary N) is 1. The van der Waals surface area contributed by atoms with Crippen LogP contribution in [0.4, 0.5) is 5.69 Å². The Morgan fingerprint density at radius 3 is 2.10 bits per heavy atom. The molecule has 0 aliphatic rings. The summed E-state index contributed by atoms with van der Waals surface area (Å²) in [7, 11) is -4.08. The number of hydrogen-bond acceptors (Lipinski definition) is 4. The predicted octanol–water partition coefficient (Wildman–Crippen LogP) is 5.65. The normalized spacial score (nSPS) is 13.0. The molecule has 3 rings (SSSR count). The second kappa shape index (κ2) is 13.6. The molecular weight excluding hydrogens is 522 g/mol. The summed E-state index contributed by atoms with van der Waals surface area (Å²) in [5.41, 5.74) is 3.33. The molecule has 2 amide bonds. The molecule has 0 spiro atoms. The molecule has 3 aromatic carbocycles.